The Hall–Kier alpha value is -6.18. The van der Waals surface area contributed by atoms with E-state index in [1.165, 1.54) is 0 Å². The lowest BCUT2D eigenvalue weighted by Crippen LogP contribution is -2.24. The molecular formula is C50H46O6. The van der Waals surface area contributed by atoms with Crippen molar-refractivity contribution in [2.75, 3.05) is 27.4 Å². The molecule has 2 unspecified atom stereocenters. The second-order valence-electron chi connectivity index (χ2n) is 13.6. The number of hydrogen-bond acceptors (Lipinski definition) is 6. The molecule has 2 aliphatic rings. The third-order valence-corrected chi connectivity index (χ3v) is 9.57. The van der Waals surface area contributed by atoms with Crippen molar-refractivity contribution in [3.05, 3.63) is 154 Å². The van der Waals surface area contributed by atoms with Gasteiger partial charge in [0.25, 0.3) is 0 Å². The summed E-state index contributed by atoms with van der Waals surface area (Å²) in [5.41, 5.74) is 7.49. The van der Waals surface area contributed by atoms with Gasteiger partial charge in [0.05, 0.1) is 27.4 Å². The van der Waals surface area contributed by atoms with Crippen molar-refractivity contribution in [1.29, 1.82) is 0 Å². The van der Waals surface area contributed by atoms with Crippen LogP contribution in [0, 0.1) is 23.7 Å². The van der Waals surface area contributed by atoms with Crippen LogP contribution >= 0.6 is 0 Å². The molecule has 6 nitrogen and oxygen atoms in total. The van der Waals surface area contributed by atoms with Crippen LogP contribution in [0.1, 0.15) is 83.0 Å². The van der Waals surface area contributed by atoms with E-state index in [4.69, 9.17) is 28.4 Å². The maximum Gasteiger partial charge on any atom is 0.199 e. The molecule has 7 rings (SSSR count). The van der Waals surface area contributed by atoms with E-state index in [0.717, 1.165) is 119 Å². The third-order valence-electron chi connectivity index (χ3n) is 9.57. The normalized spacial score (nSPS) is 16.7. The molecule has 2 aliphatic heterocycles. The Labute approximate surface area is 330 Å². The molecule has 0 bridgehead atoms. The molecule has 56 heavy (non-hydrogen) atoms. The van der Waals surface area contributed by atoms with Crippen LogP contribution in [-0.4, -0.2) is 40.0 Å². The van der Waals surface area contributed by atoms with Crippen LogP contribution < -0.4 is 18.9 Å². The van der Waals surface area contributed by atoms with Gasteiger partial charge in [-0.2, -0.15) is 0 Å². The maximum atomic E-state index is 6.07. The predicted octanol–water partition coefficient (Wildman–Crippen LogP) is 10.7. The van der Waals surface area contributed by atoms with Gasteiger partial charge in [-0.05, 0) is 133 Å². The fourth-order valence-corrected chi connectivity index (χ4v) is 6.35. The van der Waals surface area contributed by atoms with Crippen LogP contribution in [0.3, 0.4) is 0 Å². The minimum absolute atomic E-state index is 0.184. The fraction of sp³-hybridized carbons (Fsp3) is 0.240. The molecule has 0 spiro atoms. The lowest BCUT2D eigenvalue weighted by atomic mass is 9.96. The van der Waals surface area contributed by atoms with Crippen molar-refractivity contribution in [3.8, 4) is 46.7 Å². The van der Waals surface area contributed by atoms with Gasteiger partial charge in [0.1, 0.15) is 23.0 Å². The molecule has 2 saturated heterocycles. The first-order valence-electron chi connectivity index (χ1n) is 19.2. The van der Waals surface area contributed by atoms with E-state index in [-0.39, 0.29) is 12.6 Å². The summed E-state index contributed by atoms with van der Waals surface area (Å²) in [4.78, 5) is 0. The van der Waals surface area contributed by atoms with Crippen molar-refractivity contribution in [3.63, 3.8) is 0 Å². The minimum atomic E-state index is -0.184. The first kappa shape index (κ1) is 38.1. The van der Waals surface area contributed by atoms with Gasteiger partial charge in [0.15, 0.2) is 12.6 Å². The second-order valence-corrected chi connectivity index (χ2v) is 13.6. The molecule has 2 fully saturated rings. The topological polar surface area (TPSA) is 55.4 Å². The van der Waals surface area contributed by atoms with E-state index in [9.17, 15) is 0 Å². The molecule has 0 aliphatic carbocycles. The average molecular weight is 743 g/mol. The minimum Gasteiger partial charge on any atom is -0.497 e. The Morgan fingerprint density at radius 3 is 1.21 bits per heavy atom. The molecule has 0 N–H and O–H groups in total. The summed E-state index contributed by atoms with van der Waals surface area (Å²) < 4.78 is 34.4. The molecule has 2 heterocycles. The van der Waals surface area contributed by atoms with E-state index in [1.807, 2.05) is 72.8 Å². The predicted molar refractivity (Wildman–Crippen MR) is 224 cm³/mol. The largest absolute Gasteiger partial charge is 0.497 e. The highest BCUT2D eigenvalue weighted by molar-refractivity contribution is 5.79. The van der Waals surface area contributed by atoms with Gasteiger partial charge in [-0.25, -0.2) is 0 Å². The van der Waals surface area contributed by atoms with E-state index < -0.39 is 0 Å². The summed E-state index contributed by atoms with van der Waals surface area (Å²) in [6.45, 7) is 1.49. The van der Waals surface area contributed by atoms with Crippen molar-refractivity contribution in [1.82, 2.24) is 0 Å². The van der Waals surface area contributed by atoms with E-state index in [2.05, 4.69) is 84.4 Å². The van der Waals surface area contributed by atoms with Crippen molar-refractivity contribution < 1.29 is 28.4 Å². The highest BCUT2D eigenvalue weighted by Gasteiger charge is 2.16. The second kappa shape index (κ2) is 19.4. The van der Waals surface area contributed by atoms with Crippen LogP contribution in [0.5, 0.6) is 23.0 Å². The van der Waals surface area contributed by atoms with Gasteiger partial charge in [0, 0.05) is 35.1 Å². The zero-order valence-electron chi connectivity index (χ0n) is 32.0. The lowest BCUT2D eigenvalue weighted by molar-refractivity contribution is -0.106. The summed E-state index contributed by atoms with van der Waals surface area (Å²) >= 11 is 0. The zero-order chi connectivity index (χ0) is 38.4. The Morgan fingerprint density at radius 2 is 0.857 bits per heavy atom. The molecule has 282 valence electrons. The summed E-state index contributed by atoms with van der Waals surface area (Å²) in [5, 5.41) is 0. The summed E-state index contributed by atoms with van der Waals surface area (Å²) in [5.74, 6) is 16.8. The van der Waals surface area contributed by atoms with Gasteiger partial charge in [-0.3, -0.25) is 0 Å². The molecule has 0 amide bonds. The number of methoxy groups -OCH3 is 2. The molecule has 6 heteroatoms. The quantitative estimate of drug-likeness (QED) is 0.105. The van der Waals surface area contributed by atoms with Crippen LogP contribution in [0.15, 0.2) is 109 Å². The van der Waals surface area contributed by atoms with Crippen LogP contribution in [0.25, 0.3) is 24.3 Å². The van der Waals surface area contributed by atoms with Crippen LogP contribution in [0.4, 0.5) is 0 Å². The van der Waals surface area contributed by atoms with Crippen LogP contribution in [-0.2, 0) is 9.47 Å². The molecule has 0 saturated carbocycles. The van der Waals surface area contributed by atoms with Crippen molar-refractivity contribution in [2.24, 2.45) is 0 Å². The van der Waals surface area contributed by atoms with E-state index >= 15 is 0 Å². The molecule has 0 radical (unpaired) electrons. The molecular weight excluding hydrogens is 697 g/mol. The van der Waals surface area contributed by atoms with E-state index in [1.54, 1.807) is 14.2 Å². The summed E-state index contributed by atoms with van der Waals surface area (Å²) in [6.07, 6.45) is 14.2. The highest BCUT2D eigenvalue weighted by atomic mass is 16.7. The Balaban J connectivity index is 1.22. The zero-order valence-corrected chi connectivity index (χ0v) is 32.0. The maximum absolute atomic E-state index is 6.07. The number of rotatable bonds is 10. The van der Waals surface area contributed by atoms with Gasteiger partial charge < -0.3 is 28.4 Å². The fourth-order valence-electron chi connectivity index (χ4n) is 6.35. The molecule has 5 aromatic rings. The van der Waals surface area contributed by atoms with E-state index in [0.29, 0.717) is 0 Å². The Kier molecular flexibility index (Phi) is 13.2. The highest BCUT2D eigenvalue weighted by Crippen LogP contribution is 2.25. The van der Waals surface area contributed by atoms with Gasteiger partial charge in [0.2, 0.25) is 0 Å². The molecule has 5 aromatic carbocycles. The standard InChI is InChI=1S/C50H46O6/c1-51-45-25-13-37(14-26-45)9-21-41-35-44(24-12-40-19-31-48(32-20-40)56-50-8-4-6-34-54-50)42(22-10-38-15-27-46(52-2)28-16-38)36-43(41)23-11-39-17-29-47(30-18-39)55-49-7-3-5-33-53-49/h11-20,23-32,35-36,49-50H,3-8,33-34H2,1-2H3/b23-11+,24-12+. The Morgan fingerprint density at radius 1 is 0.464 bits per heavy atom. The first-order valence-corrected chi connectivity index (χ1v) is 19.2. The van der Waals surface area contributed by atoms with Gasteiger partial charge >= 0.3 is 0 Å². The van der Waals surface area contributed by atoms with Gasteiger partial charge in [-0.1, -0.05) is 72.3 Å². The number of benzene rings is 5. The number of hydrogen-bond donors (Lipinski definition) is 0. The van der Waals surface area contributed by atoms with Gasteiger partial charge in [-0.15, -0.1) is 0 Å². The SMILES string of the molecule is COc1ccc(C#Cc2cc(/C=C/c3ccc(OC4CCCCO4)cc3)c(C#Cc3ccc(OC)cc3)cc2/C=C/c2ccc(OC3CCCCO3)cc2)cc1. The third kappa shape index (κ3) is 11.0. The Bertz CT molecular complexity index is 2050. The lowest BCUT2D eigenvalue weighted by Gasteiger charge is -2.23. The monoisotopic (exact) mass is 742 g/mol. The average Bonchev–Trinajstić information content (AvgIpc) is 3.26. The summed E-state index contributed by atoms with van der Waals surface area (Å²) in [7, 11) is 3.32. The van der Waals surface area contributed by atoms with Crippen LogP contribution in [0.2, 0.25) is 0 Å². The molecule has 0 aromatic heterocycles. The van der Waals surface area contributed by atoms with Crippen molar-refractivity contribution >= 4 is 24.3 Å². The van der Waals surface area contributed by atoms with Crippen molar-refractivity contribution in [2.45, 2.75) is 51.1 Å². The molecule has 2 atom stereocenters. The number of ether oxygens (including phenoxy) is 6. The first-order chi connectivity index (χ1) is 27.6. The smallest absolute Gasteiger partial charge is 0.199 e. The summed E-state index contributed by atoms with van der Waals surface area (Å²) in [6, 6.07) is 35.9.